The molecule has 2 aromatic carbocycles. The van der Waals surface area contributed by atoms with Crippen LogP contribution in [0, 0.1) is 13.8 Å². The smallest absolute Gasteiger partial charge is 0.342 e. The largest absolute Gasteiger partial charge is 0.493 e. The lowest BCUT2D eigenvalue weighted by Gasteiger charge is -2.22. The van der Waals surface area contributed by atoms with Crippen molar-refractivity contribution in [1.82, 2.24) is 10.6 Å². The Kier molecular flexibility index (Phi) is 27.0. The van der Waals surface area contributed by atoms with Crippen molar-refractivity contribution < 1.29 is 56.5 Å². The van der Waals surface area contributed by atoms with E-state index in [0.717, 1.165) is 76.7 Å². The fourth-order valence-electron chi connectivity index (χ4n) is 8.55. The standard InChI is InChI=1S/C28H48NO6PSi.C24H40NO6PSi.CH4/c1-9-22(19-29-15-17-36(31,34-11-3)35-12-4)13-14-24-23(10-2)21(5)25-20-33-28(30)26(25)27(24)32-16-18-37(6,7)8;1-7-18(15-25-11-13-32(27,28)29)9-10-20-19(8-2)17(3)21-16-31-24(26)22(21)23(20)30-12-14-33(4,5)6;/h13,29H,9-12,14-20H2,1-8H3;9,25H,7-8,10-16H2,1-6H3,(H2,27,28,29);1H4/b22-13+;18-9+;. The highest BCUT2D eigenvalue weighted by molar-refractivity contribution is 7.53. The molecule has 14 nitrogen and oxygen atoms in total. The highest BCUT2D eigenvalue weighted by Gasteiger charge is 2.34. The van der Waals surface area contributed by atoms with Crippen LogP contribution >= 0.6 is 15.2 Å². The van der Waals surface area contributed by atoms with Crippen LogP contribution < -0.4 is 20.1 Å². The van der Waals surface area contributed by atoms with Gasteiger partial charge < -0.3 is 48.4 Å². The van der Waals surface area contributed by atoms with Crippen molar-refractivity contribution in [2.24, 2.45) is 0 Å². The molecular formula is C53H92N2O12P2Si2. The molecule has 71 heavy (non-hydrogen) atoms. The monoisotopic (exact) mass is 1070 g/mol. The first-order valence-electron chi connectivity index (χ1n) is 25.5. The zero-order valence-corrected chi connectivity index (χ0v) is 49.0. The maximum atomic E-state index is 12.7. The number of hydrogen-bond acceptors (Lipinski definition) is 12. The Labute approximate surface area is 429 Å². The van der Waals surface area contributed by atoms with Crippen molar-refractivity contribution in [3.05, 3.63) is 78.9 Å². The molecule has 0 saturated carbocycles. The van der Waals surface area contributed by atoms with Gasteiger partial charge in [-0.3, -0.25) is 9.13 Å². The first-order valence-corrected chi connectivity index (χ1v) is 36.5. The van der Waals surface area contributed by atoms with Crippen LogP contribution in [-0.2, 0) is 66.5 Å². The van der Waals surface area contributed by atoms with Crippen molar-refractivity contribution in [3.8, 4) is 11.5 Å². The molecule has 0 unspecified atom stereocenters. The third-order valence-electron chi connectivity index (χ3n) is 12.7. The molecule has 0 aliphatic carbocycles. The van der Waals surface area contributed by atoms with Crippen LogP contribution in [0.1, 0.15) is 127 Å². The summed E-state index contributed by atoms with van der Waals surface area (Å²) in [5.41, 5.74) is 12.4. The van der Waals surface area contributed by atoms with Crippen LogP contribution in [0.4, 0.5) is 0 Å². The Hall–Kier alpha value is -2.89. The molecule has 0 fully saturated rings. The number of esters is 2. The van der Waals surface area contributed by atoms with E-state index < -0.39 is 31.3 Å². The summed E-state index contributed by atoms with van der Waals surface area (Å²) in [7, 11) is -9.63. The number of carbonyl (C=O) groups excluding carboxylic acids is 2. The minimum Gasteiger partial charge on any atom is -0.493 e. The van der Waals surface area contributed by atoms with Crippen molar-refractivity contribution in [2.75, 3.05) is 64.9 Å². The van der Waals surface area contributed by atoms with Gasteiger partial charge in [0.15, 0.2) is 0 Å². The lowest BCUT2D eigenvalue weighted by molar-refractivity contribution is 0.0523. The molecule has 2 aliphatic rings. The molecule has 4 rings (SSSR count). The molecule has 4 N–H and O–H groups in total. The summed E-state index contributed by atoms with van der Waals surface area (Å²) in [5, 5.41) is 6.52. The third kappa shape index (κ3) is 20.1. The number of fused-ring (bicyclic) bond motifs is 2. The Morgan fingerprint density at radius 2 is 1.01 bits per heavy atom. The fourth-order valence-corrected chi connectivity index (χ4v) is 12.0. The van der Waals surface area contributed by atoms with E-state index in [0.29, 0.717) is 101 Å². The number of nitrogens with one attached hydrogen (secondary N) is 2. The second kappa shape index (κ2) is 29.9. The average Bonchev–Trinajstić information content (AvgIpc) is 3.86. The maximum absolute atomic E-state index is 12.7. The van der Waals surface area contributed by atoms with Crippen LogP contribution in [0.25, 0.3) is 0 Å². The van der Waals surface area contributed by atoms with E-state index in [2.05, 4.69) is 104 Å². The lowest BCUT2D eigenvalue weighted by atomic mass is 9.89. The molecule has 18 heteroatoms. The van der Waals surface area contributed by atoms with E-state index in [1.165, 1.54) is 16.7 Å². The Bertz CT molecular complexity index is 2240. The van der Waals surface area contributed by atoms with Gasteiger partial charge >= 0.3 is 27.1 Å². The highest BCUT2D eigenvalue weighted by Crippen LogP contribution is 2.47. The summed E-state index contributed by atoms with van der Waals surface area (Å²) >= 11 is 0. The first-order chi connectivity index (χ1) is 32.9. The molecule has 404 valence electrons. The van der Waals surface area contributed by atoms with Gasteiger partial charge in [-0.15, -0.1) is 0 Å². The SMILES string of the molecule is C.CC/C(=C\Cc1c(CC)c(C)c2c(c1OCC[Si](C)(C)C)C(=O)OC2)CNCCP(=O)(O)O.CCOP(=O)(CCNC/C(=C/Cc1c(CC)c(C)c2c(c1OCC[Si](C)(C)C)C(=O)OC2)CC)OCC. The van der Waals surface area contributed by atoms with Crippen LogP contribution in [0.15, 0.2) is 23.3 Å². The van der Waals surface area contributed by atoms with Gasteiger partial charge in [-0.1, -0.05) is 97.7 Å². The number of carbonyl (C=O) groups is 2. The van der Waals surface area contributed by atoms with Gasteiger partial charge in [-0.2, -0.15) is 0 Å². The van der Waals surface area contributed by atoms with E-state index in [4.69, 9.17) is 37.8 Å². The van der Waals surface area contributed by atoms with Crippen molar-refractivity contribution in [3.63, 3.8) is 0 Å². The second-order valence-electron chi connectivity index (χ2n) is 20.5. The number of ether oxygens (including phenoxy) is 4. The lowest BCUT2D eigenvalue weighted by Crippen LogP contribution is -2.23. The number of hydrogen-bond donors (Lipinski definition) is 4. The zero-order valence-electron chi connectivity index (χ0n) is 45.2. The van der Waals surface area contributed by atoms with Crippen LogP contribution in [0.3, 0.4) is 0 Å². The Morgan fingerprint density at radius 1 is 0.634 bits per heavy atom. The van der Waals surface area contributed by atoms with Gasteiger partial charge in [0.1, 0.15) is 35.8 Å². The van der Waals surface area contributed by atoms with Gasteiger partial charge in [0, 0.05) is 64.6 Å². The maximum Gasteiger partial charge on any atom is 0.342 e. The molecule has 0 aromatic heterocycles. The molecular weight excluding hydrogens is 975 g/mol. The topological polar surface area (TPSA) is 188 Å². The number of benzene rings is 2. The van der Waals surface area contributed by atoms with Crippen molar-refractivity contribution in [1.29, 1.82) is 0 Å². The zero-order chi connectivity index (χ0) is 52.5. The quantitative estimate of drug-likeness (QED) is 0.0190. The second-order valence-corrected chi connectivity index (χ2v) is 35.7. The Morgan fingerprint density at radius 3 is 1.34 bits per heavy atom. The van der Waals surface area contributed by atoms with E-state index in [9.17, 15) is 18.7 Å². The summed E-state index contributed by atoms with van der Waals surface area (Å²) in [4.78, 5) is 43.4. The van der Waals surface area contributed by atoms with Crippen LogP contribution in [-0.4, -0.2) is 103 Å². The van der Waals surface area contributed by atoms with Gasteiger partial charge in [0.05, 0.1) is 38.8 Å². The highest BCUT2D eigenvalue weighted by atomic mass is 31.2. The molecule has 0 radical (unpaired) electrons. The summed E-state index contributed by atoms with van der Waals surface area (Å²) in [6.07, 6.45) is 9.29. The van der Waals surface area contributed by atoms with E-state index >= 15 is 0 Å². The average molecular weight is 1070 g/mol. The van der Waals surface area contributed by atoms with Crippen LogP contribution in [0.5, 0.6) is 11.5 Å². The molecule has 0 spiro atoms. The molecule has 0 saturated heterocycles. The summed E-state index contributed by atoms with van der Waals surface area (Å²) < 4.78 is 58.1. The minimum absolute atomic E-state index is 0. The number of cyclic esters (lactones) is 2. The van der Waals surface area contributed by atoms with Crippen molar-refractivity contribution >= 4 is 43.3 Å². The summed E-state index contributed by atoms with van der Waals surface area (Å²) in [6.45, 7) is 34.8. The number of allylic oxidation sites excluding steroid dienone is 2. The van der Waals surface area contributed by atoms with Gasteiger partial charge in [-0.05, 0) is 101 Å². The molecule has 0 bridgehead atoms. The van der Waals surface area contributed by atoms with E-state index in [1.54, 1.807) is 0 Å². The molecule has 2 aromatic rings. The fraction of sp³-hybridized carbons (Fsp3) is 0.660. The molecule has 2 heterocycles. The predicted molar refractivity (Wildman–Crippen MR) is 296 cm³/mol. The summed E-state index contributed by atoms with van der Waals surface area (Å²) in [5.74, 6) is 0.805. The first kappa shape index (κ1) is 64.2. The van der Waals surface area contributed by atoms with Gasteiger partial charge in [0.25, 0.3) is 0 Å². The normalized spacial score (nSPS) is 14.1. The van der Waals surface area contributed by atoms with E-state index in [1.807, 2.05) is 13.8 Å². The molecule has 0 atom stereocenters. The summed E-state index contributed by atoms with van der Waals surface area (Å²) in [6, 6.07) is 2.03. The third-order valence-corrected chi connectivity index (χ3v) is 19.0. The van der Waals surface area contributed by atoms with E-state index in [-0.39, 0.29) is 32.1 Å². The molecule has 2 aliphatic heterocycles. The van der Waals surface area contributed by atoms with Gasteiger partial charge in [-0.25, -0.2) is 9.59 Å². The Balaban J connectivity index is 0.000000483. The van der Waals surface area contributed by atoms with Gasteiger partial charge in [0.2, 0.25) is 0 Å². The minimum atomic E-state index is -4.00. The predicted octanol–water partition coefficient (Wildman–Crippen LogP) is 11.9. The number of rotatable bonds is 30. The van der Waals surface area contributed by atoms with Crippen molar-refractivity contribution in [2.45, 2.75) is 166 Å². The van der Waals surface area contributed by atoms with Crippen LogP contribution in [0.2, 0.25) is 51.4 Å². The molecule has 0 amide bonds.